The van der Waals surface area contributed by atoms with E-state index in [4.69, 9.17) is 0 Å². The van der Waals surface area contributed by atoms with E-state index in [1.165, 1.54) is 41.3 Å². The number of carbonyl (C=O) groups is 2. The quantitative estimate of drug-likeness (QED) is 0.153. The van der Waals surface area contributed by atoms with Gasteiger partial charge in [-0.25, -0.2) is 4.39 Å². The van der Waals surface area contributed by atoms with Gasteiger partial charge in [-0.05, 0) is 59.7 Å². The van der Waals surface area contributed by atoms with Crippen molar-refractivity contribution < 1.29 is 27.2 Å². The smallest absolute Gasteiger partial charge is 0.345 e. The largest absolute Gasteiger partial charge is 0.416 e. The molecule has 2 amide bonds. The van der Waals surface area contributed by atoms with E-state index >= 15 is 0 Å². The molecule has 0 saturated carbocycles. The molecular formula is C32H29F4N3O2. The highest BCUT2D eigenvalue weighted by molar-refractivity contribution is 5.96. The molecule has 3 aromatic carbocycles. The van der Waals surface area contributed by atoms with Crippen LogP contribution in [0.15, 0.2) is 110 Å². The van der Waals surface area contributed by atoms with Gasteiger partial charge in [0.25, 0.3) is 5.91 Å². The molecule has 41 heavy (non-hydrogen) atoms. The van der Waals surface area contributed by atoms with E-state index in [0.717, 1.165) is 17.7 Å². The van der Waals surface area contributed by atoms with E-state index in [0.29, 0.717) is 11.3 Å². The molecule has 4 rings (SSSR count). The number of halogens is 4. The summed E-state index contributed by atoms with van der Waals surface area (Å²) in [6.07, 6.45) is -1.18. The molecule has 9 heteroatoms. The first-order chi connectivity index (χ1) is 19.6. The molecule has 0 atom stereocenters. The van der Waals surface area contributed by atoms with Crippen molar-refractivity contribution in [1.29, 1.82) is 0 Å². The number of nitrogens with zero attached hydrogens (tertiary/aromatic N) is 3. The van der Waals surface area contributed by atoms with Crippen LogP contribution in [-0.4, -0.2) is 39.3 Å². The summed E-state index contributed by atoms with van der Waals surface area (Å²) in [4.78, 5) is 29.7. The summed E-state index contributed by atoms with van der Waals surface area (Å²) in [7, 11) is 0. The molecule has 0 N–H and O–H groups in total. The van der Waals surface area contributed by atoms with Crippen LogP contribution in [0, 0.1) is 5.82 Å². The maximum absolute atomic E-state index is 13.7. The highest BCUT2D eigenvalue weighted by atomic mass is 19.4. The number of alkyl halides is 3. The van der Waals surface area contributed by atoms with Crippen molar-refractivity contribution in [3.8, 4) is 0 Å². The summed E-state index contributed by atoms with van der Waals surface area (Å²) >= 11 is 0. The molecule has 0 bridgehead atoms. The Labute approximate surface area is 235 Å². The van der Waals surface area contributed by atoms with E-state index in [-0.39, 0.29) is 44.2 Å². The molecule has 1 heterocycles. The summed E-state index contributed by atoms with van der Waals surface area (Å²) in [6.45, 7) is 4.15. The van der Waals surface area contributed by atoms with Crippen LogP contribution < -0.4 is 0 Å². The molecule has 0 unspecified atom stereocenters. The molecule has 0 fully saturated rings. The Morgan fingerprint density at radius 2 is 1.54 bits per heavy atom. The second kappa shape index (κ2) is 13.1. The molecule has 0 aliphatic heterocycles. The minimum Gasteiger partial charge on any atom is -0.345 e. The zero-order chi connectivity index (χ0) is 29.4. The lowest BCUT2D eigenvalue weighted by atomic mass is 10.1. The van der Waals surface area contributed by atoms with Crippen molar-refractivity contribution in [2.24, 2.45) is 0 Å². The second-order valence-corrected chi connectivity index (χ2v) is 9.54. The van der Waals surface area contributed by atoms with Crippen LogP contribution in [0.4, 0.5) is 17.6 Å². The summed E-state index contributed by atoms with van der Waals surface area (Å²) in [5.74, 6) is -1.25. The molecule has 0 aliphatic carbocycles. The summed E-state index contributed by atoms with van der Waals surface area (Å²) in [5.41, 5.74) is 1.58. The van der Waals surface area contributed by atoms with Gasteiger partial charge in [-0.3, -0.25) is 9.59 Å². The van der Waals surface area contributed by atoms with Crippen molar-refractivity contribution >= 4 is 11.8 Å². The average Bonchev–Trinajstić information content (AvgIpc) is 3.39. The highest BCUT2D eigenvalue weighted by Gasteiger charge is 2.30. The zero-order valence-corrected chi connectivity index (χ0v) is 22.2. The molecule has 212 valence electrons. The predicted molar refractivity (Wildman–Crippen MR) is 148 cm³/mol. The van der Waals surface area contributed by atoms with Crippen LogP contribution in [0.2, 0.25) is 0 Å². The molecule has 0 spiro atoms. The number of hydrogen-bond donors (Lipinski definition) is 0. The fourth-order valence-electron chi connectivity index (χ4n) is 4.43. The van der Waals surface area contributed by atoms with Crippen LogP contribution in [0.5, 0.6) is 0 Å². The number of amides is 2. The number of hydrogen-bond acceptors (Lipinski definition) is 2. The monoisotopic (exact) mass is 563 g/mol. The first-order valence-electron chi connectivity index (χ1n) is 12.9. The SMILES string of the molecule is C=CCN(CC(=O)N(Cc1ccccc1)Cc1cccn1Cc1cccc(C(F)(F)F)c1)C(=O)c1ccc(F)cc1. The van der Waals surface area contributed by atoms with Crippen molar-refractivity contribution in [2.75, 3.05) is 13.1 Å². The zero-order valence-electron chi connectivity index (χ0n) is 22.2. The Morgan fingerprint density at radius 1 is 0.829 bits per heavy atom. The van der Waals surface area contributed by atoms with Gasteiger partial charge in [0.15, 0.2) is 0 Å². The third-order valence-corrected chi connectivity index (χ3v) is 6.51. The third kappa shape index (κ3) is 7.94. The van der Waals surface area contributed by atoms with Crippen LogP contribution >= 0.6 is 0 Å². The Hall–Kier alpha value is -4.66. The number of benzene rings is 3. The summed E-state index contributed by atoms with van der Waals surface area (Å²) in [5, 5.41) is 0. The standard InChI is InChI=1S/C32H29F4N3O2/c1-2-17-38(31(41)26-13-15-28(33)16-14-26)23-30(40)39(20-24-8-4-3-5-9-24)22-29-12-7-18-37(29)21-25-10-6-11-27(19-25)32(34,35)36/h2-16,18-19H,1,17,20-23H2. The molecular weight excluding hydrogens is 534 g/mol. The van der Waals surface area contributed by atoms with Gasteiger partial charge in [-0.2, -0.15) is 13.2 Å². The van der Waals surface area contributed by atoms with Crippen LogP contribution in [0.3, 0.4) is 0 Å². The lowest BCUT2D eigenvalue weighted by Crippen LogP contribution is -2.42. The van der Waals surface area contributed by atoms with Crippen molar-refractivity contribution in [3.05, 3.63) is 144 Å². The lowest BCUT2D eigenvalue weighted by molar-refractivity contribution is -0.137. The molecule has 1 aromatic heterocycles. The number of carbonyl (C=O) groups excluding carboxylic acids is 2. The first kappa shape index (κ1) is 29.3. The maximum atomic E-state index is 13.7. The average molecular weight is 564 g/mol. The fourth-order valence-corrected chi connectivity index (χ4v) is 4.43. The first-order valence-corrected chi connectivity index (χ1v) is 12.9. The number of aromatic nitrogens is 1. The van der Waals surface area contributed by atoms with E-state index in [1.54, 1.807) is 27.8 Å². The number of rotatable bonds is 11. The molecule has 4 aromatic rings. The van der Waals surface area contributed by atoms with Crippen LogP contribution in [0.1, 0.15) is 32.7 Å². The molecule has 0 aliphatic rings. The summed E-state index contributed by atoms with van der Waals surface area (Å²) in [6, 6.07) is 23.2. The van der Waals surface area contributed by atoms with E-state index < -0.39 is 23.5 Å². The van der Waals surface area contributed by atoms with E-state index in [9.17, 15) is 27.2 Å². The van der Waals surface area contributed by atoms with E-state index in [2.05, 4.69) is 6.58 Å². The van der Waals surface area contributed by atoms with Crippen LogP contribution in [0.25, 0.3) is 0 Å². The Bertz CT molecular complexity index is 1480. The van der Waals surface area contributed by atoms with Gasteiger partial charge >= 0.3 is 6.18 Å². The maximum Gasteiger partial charge on any atom is 0.416 e. The van der Waals surface area contributed by atoms with Crippen molar-refractivity contribution in [3.63, 3.8) is 0 Å². The normalized spacial score (nSPS) is 11.2. The Morgan fingerprint density at radius 3 is 2.22 bits per heavy atom. The van der Waals surface area contributed by atoms with Gasteiger partial charge < -0.3 is 14.4 Å². The topological polar surface area (TPSA) is 45.6 Å². The molecule has 0 radical (unpaired) electrons. The Kier molecular flexibility index (Phi) is 9.39. The lowest BCUT2D eigenvalue weighted by Gasteiger charge is -2.28. The summed E-state index contributed by atoms with van der Waals surface area (Å²) < 4.78 is 54.9. The minimum absolute atomic E-state index is 0.104. The van der Waals surface area contributed by atoms with Crippen molar-refractivity contribution in [2.45, 2.75) is 25.8 Å². The van der Waals surface area contributed by atoms with Gasteiger partial charge in [0.05, 0.1) is 12.1 Å². The van der Waals surface area contributed by atoms with E-state index in [1.807, 2.05) is 36.4 Å². The fraction of sp³-hybridized carbons (Fsp3) is 0.188. The van der Waals surface area contributed by atoms with Gasteiger partial charge in [0.1, 0.15) is 12.4 Å². The Balaban J connectivity index is 1.57. The highest BCUT2D eigenvalue weighted by Crippen LogP contribution is 2.30. The van der Waals surface area contributed by atoms with Gasteiger partial charge in [-0.15, -0.1) is 6.58 Å². The van der Waals surface area contributed by atoms with Crippen molar-refractivity contribution in [1.82, 2.24) is 14.4 Å². The second-order valence-electron chi connectivity index (χ2n) is 9.54. The molecule has 5 nitrogen and oxygen atoms in total. The third-order valence-electron chi connectivity index (χ3n) is 6.51. The van der Waals surface area contributed by atoms with Gasteiger partial charge in [-0.1, -0.05) is 48.5 Å². The van der Waals surface area contributed by atoms with Gasteiger partial charge in [0.2, 0.25) is 5.91 Å². The predicted octanol–water partition coefficient (Wildman–Crippen LogP) is 6.55. The molecule has 0 saturated heterocycles. The minimum atomic E-state index is -4.45. The van der Waals surface area contributed by atoms with Crippen LogP contribution in [-0.2, 0) is 30.6 Å². The van der Waals surface area contributed by atoms with Gasteiger partial charge in [0, 0.05) is 37.1 Å².